The van der Waals surface area contributed by atoms with Gasteiger partial charge < -0.3 is 9.80 Å². The molecule has 27 heavy (non-hydrogen) atoms. The molecule has 4 rings (SSSR count). The van der Waals surface area contributed by atoms with Crippen LogP contribution >= 0.6 is 24.2 Å². The molecule has 146 valence electrons. The van der Waals surface area contributed by atoms with Crippen LogP contribution in [-0.4, -0.2) is 53.1 Å². The van der Waals surface area contributed by atoms with E-state index >= 15 is 0 Å². The van der Waals surface area contributed by atoms with Gasteiger partial charge in [-0.2, -0.15) is 0 Å². The van der Waals surface area contributed by atoms with Crippen molar-refractivity contribution >= 4 is 30.0 Å². The predicted molar refractivity (Wildman–Crippen MR) is 117 cm³/mol. The molecule has 3 heterocycles. The maximum Gasteiger partial charge on any atom is 0.151 e. The molecule has 0 saturated carbocycles. The number of aromatic nitrogens is 2. The Hall–Kier alpha value is -1.30. The van der Waals surface area contributed by atoms with Crippen LogP contribution in [0, 0.1) is 0 Å². The smallest absolute Gasteiger partial charge is 0.151 e. The Kier molecular flexibility index (Phi) is 7.39. The van der Waals surface area contributed by atoms with E-state index in [1.54, 1.807) is 0 Å². The van der Waals surface area contributed by atoms with Gasteiger partial charge in [0, 0.05) is 29.6 Å². The topological polar surface area (TPSA) is 32.3 Å². The van der Waals surface area contributed by atoms with Crippen molar-refractivity contribution < 1.29 is 0 Å². The van der Waals surface area contributed by atoms with Crippen LogP contribution in [-0.2, 0) is 0 Å². The highest BCUT2D eigenvalue weighted by atomic mass is 35.5. The van der Waals surface area contributed by atoms with E-state index in [0.717, 1.165) is 29.4 Å². The minimum Gasteiger partial charge on any atom is -0.351 e. The quantitative estimate of drug-likeness (QED) is 0.649. The van der Waals surface area contributed by atoms with Crippen LogP contribution in [0.1, 0.15) is 32.6 Å². The summed E-state index contributed by atoms with van der Waals surface area (Å²) in [5.74, 6) is 2.14. The number of nitrogens with zero attached hydrogens (tertiary/aromatic N) is 4. The molecule has 0 aliphatic carbocycles. The number of hydrogen-bond acceptors (Lipinski definition) is 5. The maximum atomic E-state index is 4.57. The molecule has 0 unspecified atom stereocenters. The standard InChI is InChI=1S/C21H28N4S.ClH/c1-2-26-19-9-7-17(8-10-19)20-11-12-21(23-22-20)25-15-5-6-18(25)16-24-13-3-4-14-24;/h7-12,18H,2-6,13-16H2,1H3;1H/t18-;/m0./s1. The van der Waals surface area contributed by atoms with Crippen molar-refractivity contribution in [2.45, 2.75) is 43.5 Å². The number of hydrogen-bond donors (Lipinski definition) is 0. The van der Waals surface area contributed by atoms with Crippen LogP contribution in [0.4, 0.5) is 5.82 Å². The van der Waals surface area contributed by atoms with Gasteiger partial charge in [0.1, 0.15) is 0 Å². The molecule has 1 aromatic heterocycles. The third-order valence-corrected chi connectivity index (χ3v) is 6.34. The van der Waals surface area contributed by atoms with Crippen molar-refractivity contribution in [3.8, 4) is 11.3 Å². The minimum atomic E-state index is 0. The van der Waals surface area contributed by atoms with E-state index in [1.807, 2.05) is 11.8 Å². The molecule has 6 heteroatoms. The molecule has 2 aromatic rings. The lowest BCUT2D eigenvalue weighted by atomic mass is 10.1. The van der Waals surface area contributed by atoms with Crippen LogP contribution in [0.15, 0.2) is 41.3 Å². The van der Waals surface area contributed by atoms with E-state index in [2.05, 4.69) is 63.3 Å². The summed E-state index contributed by atoms with van der Waals surface area (Å²) in [6.07, 6.45) is 5.25. The Labute approximate surface area is 173 Å². The van der Waals surface area contributed by atoms with Crippen LogP contribution in [0.25, 0.3) is 11.3 Å². The van der Waals surface area contributed by atoms with Crippen LogP contribution in [0.2, 0.25) is 0 Å². The van der Waals surface area contributed by atoms with Gasteiger partial charge in [-0.05, 0) is 68.8 Å². The summed E-state index contributed by atoms with van der Waals surface area (Å²) in [6, 6.07) is 13.5. The lowest BCUT2D eigenvalue weighted by Gasteiger charge is -2.29. The third-order valence-electron chi connectivity index (χ3n) is 5.45. The van der Waals surface area contributed by atoms with Gasteiger partial charge in [0.15, 0.2) is 5.82 Å². The number of halogens is 1. The van der Waals surface area contributed by atoms with Crippen molar-refractivity contribution in [3.05, 3.63) is 36.4 Å². The second kappa shape index (κ2) is 9.76. The largest absolute Gasteiger partial charge is 0.351 e. The highest BCUT2D eigenvalue weighted by Gasteiger charge is 2.28. The Morgan fingerprint density at radius 2 is 1.74 bits per heavy atom. The van der Waals surface area contributed by atoms with E-state index in [0.29, 0.717) is 6.04 Å². The van der Waals surface area contributed by atoms with Crippen LogP contribution in [0.3, 0.4) is 0 Å². The van der Waals surface area contributed by atoms with E-state index in [9.17, 15) is 0 Å². The molecule has 2 saturated heterocycles. The summed E-state index contributed by atoms with van der Waals surface area (Å²) in [7, 11) is 0. The lowest BCUT2D eigenvalue weighted by Crippen LogP contribution is -2.39. The molecule has 0 radical (unpaired) electrons. The average Bonchev–Trinajstić information content (AvgIpc) is 3.35. The summed E-state index contributed by atoms with van der Waals surface area (Å²) in [6.45, 7) is 7.00. The normalized spacial score (nSPS) is 20.0. The number of thioether (sulfide) groups is 1. The molecular formula is C21H29ClN4S. The van der Waals surface area contributed by atoms with Crippen molar-refractivity contribution in [2.75, 3.05) is 36.8 Å². The van der Waals surface area contributed by atoms with Crippen molar-refractivity contribution in [3.63, 3.8) is 0 Å². The summed E-state index contributed by atoms with van der Waals surface area (Å²) in [5.41, 5.74) is 2.09. The van der Waals surface area contributed by atoms with Gasteiger partial charge in [-0.3, -0.25) is 0 Å². The van der Waals surface area contributed by atoms with Crippen molar-refractivity contribution in [2.24, 2.45) is 0 Å². The molecule has 4 nitrogen and oxygen atoms in total. The molecule has 0 bridgehead atoms. The van der Waals surface area contributed by atoms with Gasteiger partial charge in [-0.1, -0.05) is 19.1 Å². The van der Waals surface area contributed by atoms with Crippen molar-refractivity contribution in [1.29, 1.82) is 0 Å². The molecule has 2 aliphatic heterocycles. The summed E-state index contributed by atoms with van der Waals surface area (Å²) in [4.78, 5) is 6.39. The van der Waals surface area contributed by atoms with E-state index in [1.165, 1.54) is 50.2 Å². The predicted octanol–water partition coefficient (Wildman–Crippen LogP) is 4.74. The van der Waals surface area contributed by atoms with Gasteiger partial charge in [0.2, 0.25) is 0 Å². The molecular weight excluding hydrogens is 376 g/mol. The number of rotatable bonds is 6. The molecule has 0 spiro atoms. The molecule has 0 amide bonds. The second-order valence-electron chi connectivity index (χ2n) is 7.23. The maximum absolute atomic E-state index is 4.57. The summed E-state index contributed by atoms with van der Waals surface area (Å²) < 4.78 is 0. The Balaban J connectivity index is 0.00000210. The second-order valence-corrected chi connectivity index (χ2v) is 8.57. The number of anilines is 1. The average molecular weight is 405 g/mol. The van der Waals surface area contributed by atoms with Gasteiger partial charge >= 0.3 is 0 Å². The Morgan fingerprint density at radius 3 is 2.41 bits per heavy atom. The minimum absolute atomic E-state index is 0. The first-order valence-electron chi connectivity index (χ1n) is 9.89. The number of benzene rings is 1. The molecule has 2 fully saturated rings. The Morgan fingerprint density at radius 1 is 0.963 bits per heavy atom. The van der Waals surface area contributed by atoms with E-state index in [-0.39, 0.29) is 12.4 Å². The lowest BCUT2D eigenvalue weighted by molar-refractivity contribution is 0.313. The third kappa shape index (κ3) is 4.95. The Bertz CT molecular complexity index is 701. The zero-order valence-electron chi connectivity index (χ0n) is 16.0. The van der Waals surface area contributed by atoms with Crippen LogP contribution < -0.4 is 4.90 Å². The number of likely N-dealkylation sites (tertiary alicyclic amines) is 1. The van der Waals surface area contributed by atoms with Gasteiger partial charge in [0.25, 0.3) is 0 Å². The van der Waals surface area contributed by atoms with E-state index < -0.39 is 0 Å². The first-order chi connectivity index (χ1) is 12.8. The SMILES string of the molecule is CCSc1ccc(-c2ccc(N3CCC[C@H]3CN3CCCC3)nn2)cc1.Cl. The fraction of sp³-hybridized carbons (Fsp3) is 0.524. The summed E-state index contributed by atoms with van der Waals surface area (Å²) >= 11 is 1.86. The highest BCUT2D eigenvalue weighted by Crippen LogP contribution is 2.27. The molecule has 1 atom stereocenters. The van der Waals surface area contributed by atoms with Gasteiger partial charge in [-0.25, -0.2) is 0 Å². The van der Waals surface area contributed by atoms with Gasteiger partial charge in [0.05, 0.1) is 5.69 Å². The van der Waals surface area contributed by atoms with Gasteiger partial charge in [-0.15, -0.1) is 34.4 Å². The molecule has 1 aromatic carbocycles. The molecule has 0 N–H and O–H groups in total. The first kappa shape index (κ1) is 20.4. The highest BCUT2D eigenvalue weighted by molar-refractivity contribution is 7.99. The summed E-state index contributed by atoms with van der Waals surface area (Å²) in [5, 5.41) is 9.10. The van der Waals surface area contributed by atoms with E-state index in [4.69, 9.17) is 0 Å². The fourth-order valence-electron chi connectivity index (χ4n) is 4.11. The first-order valence-corrected chi connectivity index (χ1v) is 10.9. The van der Waals surface area contributed by atoms with Crippen molar-refractivity contribution in [1.82, 2.24) is 15.1 Å². The fourth-order valence-corrected chi connectivity index (χ4v) is 4.77. The zero-order valence-corrected chi connectivity index (χ0v) is 17.6. The van der Waals surface area contributed by atoms with Crippen LogP contribution in [0.5, 0.6) is 0 Å². The molecule has 2 aliphatic rings. The zero-order chi connectivity index (χ0) is 17.8. The monoisotopic (exact) mass is 404 g/mol.